The molecule has 0 unspecified atom stereocenters. The van der Waals surface area contributed by atoms with Gasteiger partial charge in [0.1, 0.15) is 0 Å². The zero-order valence-electron chi connectivity index (χ0n) is 8.92. The summed E-state index contributed by atoms with van der Waals surface area (Å²) in [5.74, 6) is 0.824. The van der Waals surface area contributed by atoms with Crippen molar-refractivity contribution in [3.8, 4) is 0 Å². The first kappa shape index (κ1) is 13.3. The van der Waals surface area contributed by atoms with Gasteiger partial charge in [-0.1, -0.05) is 33.7 Å². The van der Waals surface area contributed by atoms with E-state index in [1.807, 2.05) is 6.92 Å². The topological polar surface area (TPSA) is 52.4 Å². The van der Waals surface area contributed by atoms with Gasteiger partial charge >= 0.3 is 0 Å². The molecule has 0 radical (unpaired) electrons. The van der Waals surface area contributed by atoms with Gasteiger partial charge in [0.25, 0.3) is 5.69 Å². The average molecular weight is 259 g/mol. The van der Waals surface area contributed by atoms with Gasteiger partial charge < -0.3 is 4.74 Å². The minimum Gasteiger partial charge on any atom is -0.381 e. The number of hydrogen-bond acceptors (Lipinski definition) is 5. The fourth-order valence-electron chi connectivity index (χ4n) is 1.02. The molecule has 0 heterocycles. The van der Waals surface area contributed by atoms with Crippen molar-refractivity contribution in [3.63, 3.8) is 0 Å². The molecule has 0 atom stereocenters. The summed E-state index contributed by atoms with van der Waals surface area (Å²) in [5.41, 5.74) is 0.163. The molecule has 4 nitrogen and oxygen atoms in total. The molecule has 1 rings (SSSR count). The second kappa shape index (κ2) is 7.54. The number of hydrogen-bond donors (Lipinski definition) is 0. The van der Waals surface area contributed by atoms with Gasteiger partial charge in [0, 0.05) is 18.4 Å². The van der Waals surface area contributed by atoms with E-state index in [9.17, 15) is 10.1 Å². The maximum Gasteiger partial charge on any atom is 0.283 e. The molecule has 0 aliphatic carbocycles. The number of ether oxygens (including phenoxy) is 1. The Labute approximate surface area is 102 Å². The van der Waals surface area contributed by atoms with Gasteiger partial charge in [0.15, 0.2) is 0 Å². The highest BCUT2D eigenvalue weighted by Crippen LogP contribution is 2.36. The fraction of sp³-hybridized carbons (Fsp3) is 0.400. The summed E-state index contributed by atoms with van der Waals surface area (Å²) in [6, 6.07) is 6.76. The van der Waals surface area contributed by atoms with Gasteiger partial charge in [-0.3, -0.25) is 10.1 Å². The van der Waals surface area contributed by atoms with Crippen LogP contribution in [-0.4, -0.2) is 23.9 Å². The molecule has 0 aromatic heterocycles. The minimum atomic E-state index is -0.356. The third-order valence-electron chi connectivity index (χ3n) is 1.73. The van der Waals surface area contributed by atoms with E-state index in [-0.39, 0.29) is 10.6 Å². The van der Waals surface area contributed by atoms with Crippen molar-refractivity contribution in [2.24, 2.45) is 0 Å². The van der Waals surface area contributed by atoms with Crippen LogP contribution >= 0.6 is 21.6 Å². The summed E-state index contributed by atoms with van der Waals surface area (Å²) in [6.45, 7) is 3.32. The molecule has 0 spiro atoms. The highest BCUT2D eigenvalue weighted by Gasteiger charge is 2.12. The van der Waals surface area contributed by atoms with E-state index in [1.165, 1.54) is 16.9 Å². The van der Waals surface area contributed by atoms with Crippen LogP contribution in [0.1, 0.15) is 6.92 Å². The number of benzene rings is 1. The lowest BCUT2D eigenvalue weighted by atomic mass is 10.3. The molecule has 0 aliphatic heterocycles. The molecule has 0 bridgehead atoms. The Balaban J connectivity index is 2.44. The fourth-order valence-corrected chi connectivity index (χ4v) is 3.04. The maximum absolute atomic E-state index is 10.7. The van der Waals surface area contributed by atoms with Crippen LogP contribution in [0.3, 0.4) is 0 Å². The van der Waals surface area contributed by atoms with Gasteiger partial charge in [-0.15, -0.1) is 0 Å². The van der Waals surface area contributed by atoms with Crippen LogP contribution in [0.5, 0.6) is 0 Å². The second-order valence-electron chi connectivity index (χ2n) is 2.83. The van der Waals surface area contributed by atoms with Crippen LogP contribution in [0.2, 0.25) is 0 Å². The normalized spacial score (nSPS) is 10.3. The SMILES string of the molecule is CCOCCSSc1ccccc1[N+](=O)[O-]. The van der Waals surface area contributed by atoms with E-state index in [1.54, 1.807) is 29.0 Å². The predicted molar refractivity (Wildman–Crippen MR) is 67.9 cm³/mol. The highest BCUT2D eigenvalue weighted by molar-refractivity contribution is 8.76. The zero-order valence-corrected chi connectivity index (χ0v) is 10.6. The van der Waals surface area contributed by atoms with Crippen molar-refractivity contribution in [1.82, 2.24) is 0 Å². The predicted octanol–water partition coefficient (Wildman–Crippen LogP) is 3.37. The van der Waals surface area contributed by atoms with Crippen molar-refractivity contribution >= 4 is 27.3 Å². The number of rotatable bonds is 7. The summed E-state index contributed by atoms with van der Waals surface area (Å²) in [4.78, 5) is 11.0. The number of nitro benzene ring substituents is 1. The Morgan fingerprint density at radius 1 is 1.44 bits per heavy atom. The monoisotopic (exact) mass is 259 g/mol. The third-order valence-corrected chi connectivity index (χ3v) is 4.09. The Hall–Kier alpha value is -0.720. The molecule has 16 heavy (non-hydrogen) atoms. The summed E-state index contributed by atoms with van der Waals surface area (Å²) in [5, 5.41) is 10.7. The van der Waals surface area contributed by atoms with E-state index in [0.717, 1.165) is 5.75 Å². The quantitative estimate of drug-likeness (QED) is 0.325. The molecule has 0 saturated heterocycles. The first-order valence-corrected chi connectivity index (χ1v) is 7.18. The maximum atomic E-state index is 10.7. The molecule has 0 amide bonds. The van der Waals surface area contributed by atoms with Crippen LogP contribution in [0, 0.1) is 10.1 Å². The van der Waals surface area contributed by atoms with Gasteiger partial charge in [0.2, 0.25) is 0 Å². The second-order valence-corrected chi connectivity index (χ2v) is 5.28. The molecule has 88 valence electrons. The molecule has 0 N–H and O–H groups in total. The van der Waals surface area contributed by atoms with Crippen molar-refractivity contribution in [2.45, 2.75) is 11.8 Å². The van der Waals surface area contributed by atoms with Crippen LogP contribution in [0.4, 0.5) is 5.69 Å². The summed E-state index contributed by atoms with van der Waals surface area (Å²) < 4.78 is 5.18. The first-order chi connectivity index (χ1) is 7.75. The smallest absolute Gasteiger partial charge is 0.283 e. The summed E-state index contributed by atoms with van der Waals surface area (Å²) in [6.07, 6.45) is 0. The molecule has 1 aromatic rings. The highest BCUT2D eigenvalue weighted by atomic mass is 33.1. The van der Waals surface area contributed by atoms with Crippen molar-refractivity contribution in [3.05, 3.63) is 34.4 Å². The standard InChI is InChI=1S/C10H13NO3S2/c1-2-14-7-8-15-16-10-6-4-3-5-9(10)11(12)13/h3-6H,2,7-8H2,1H3. The number of nitro groups is 1. The molecule has 0 fully saturated rings. The Kier molecular flexibility index (Phi) is 6.29. The Morgan fingerprint density at radius 2 is 2.19 bits per heavy atom. The number of para-hydroxylation sites is 1. The number of nitrogens with zero attached hydrogens (tertiary/aromatic N) is 1. The van der Waals surface area contributed by atoms with E-state index >= 15 is 0 Å². The Bertz CT molecular complexity index is 347. The van der Waals surface area contributed by atoms with E-state index in [2.05, 4.69) is 0 Å². The molecule has 0 saturated carbocycles. The van der Waals surface area contributed by atoms with Crippen LogP contribution < -0.4 is 0 Å². The molecule has 6 heteroatoms. The van der Waals surface area contributed by atoms with E-state index in [4.69, 9.17) is 4.74 Å². The summed E-state index contributed by atoms with van der Waals surface area (Å²) in [7, 11) is 2.99. The van der Waals surface area contributed by atoms with Crippen LogP contribution in [-0.2, 0) is 4.74 Å². The van der Waals surface area contributed by atoms with Gasteiger partial charge in [-0.25, -0.2) is 0 Å². The third kappa shape index (κ3) is 4.42. The lowest BCUT2D eigenvalue weighted by Gasteiger charge is -2.02. The first-order valence-electron chi connectivity index (χ1n) is 4.86. The molecular formula is C10H13NO3S2. The molecule has 0 aliphatic rings. The van der Waals surface area contributed by atoms with Crippen molar-refractivity contribution in [1.29, 1.82) is 0 Å². The van der Waals surface area contributed by atoms with Gasteiger partial charge in [-0.2, -0.15) is 0 Å². The lowest BCUT2D eigenvalue weighted by molar-refractivity contribution is -0.387. The van der Waals surface area contributed by atoms with E-state index < -0.39 is 0 Å². The molecular weight excluding hydrogens is 246 g/mol. The Morgan fingerprint density at radius 3 is 2.88 bits per heavy atom. The van der Waals surface area contributed by atoms with Crippen LogP contribution in [0.25, 0.3) is 0 Å². The largest absolute Gasteiger partial charge is 0.381 e. The summed E-state index contributed by atoms with van der Waals surface area (Å²) >= 11 is 0. The van der Waals surface area contributed by atoms with Crippen LogP contribution in [0.15, 0.2) is 29.2 Å². The van der Waals surface area contributed by atoms with Crippen molar-refractivity contribution in [2.75, 3.05) is 19.0 Å². The van der Waals surface area contributed by atoms with Gasteiger partial charge in [-0.05, 0) is 13.0 Å². The lowest BCUT2D eigenvalue weighted by Crippen LogP contribution is -1.94. The average Bonchev–Trinajstić information content (AvgIpc) is 2.29. The zero-order chi connectivity index (χ0) is 11.8. The minimum absolute atomic E-state index is 0.163. The van der Waals surface area contributed by atoms with Gasteiger partial charge in [0.05, 0.1) is 16.4 Å². The van der Waals surface area contributed by atoms with Crippen molar-refractivity contribution < 1.29 is 9.66 Å². The van der Waals surface area contributed by atoms with E-state index in [0.29, 0.717) is 18.1 Å². The molecule has 1 aromatic carbocycles.